The van der Waals surface area contributed by atoms with Crippen molar-refractivity contribution in [2.45, 2.75) is 6.54 Å². The third-order valence-electron chi connectivity index (χ3n) is 3.86. The van der Waals surface area contributed by atoms with Gasteiger partial charge in [0.05, 0.1) is 6.54 Å². The minimum absolute atomic E-state index is 0.0383. The van der Waals surface area contributed by atoms with Gasteiger partial charge in [0.15, 0.2) is 0 Å². The number of rotatable bonds is 3. The molecule has 0 radical (unpaired) electrons. The Morgan fingerprint density at radius 1 is 1.22 bits per heavy atom. The largest absolute Gasteiger partial charge is 0.354 e. The van der Waals surface area contributed by atoms with E-state index in [1.165, 1.54) is 15.6 Å². The minimum Gasteiger partial charge on any atom is -0.354 e. The Morgan fingerprint density at radius 3 is 2.74 bits per heavy atom. The first-order valence-electron chi connectivity index (χ1n) is 7.59. The van der Waals surface area contributed by atoms with Crippen molar-refractivity contribution in [3.05, 3.63) is 22.5 Å². The van der Waals surface area contributed by atoms with E-state index in [0.29, 0.717) is 18.9 Å². The predicted molar refractivity (Wildman–Crippen MR) is 87.6 cm³/mol. The lowest BCUT2D eigenvalue weighted by atomic mass is 10.3. The van der Waals surface area contributed by atoms with E-state index in [-0.39, 0.29) is 30.5 Å². The van der Waals surface area contributed by atoms with E-state index in [2.05, 4.69) is 15.3 Å². The molecule has 3 rings (SSSR count). The van der Waals surface area contributed by atoms with Gasteiger partial charge in [-0.05, 0) is 6.07 Å². The summed E-state index contributed by atoms with van der Waals surface area (Å²) in [6.45, 7) is 2.58. The number of carbonyl (C=O) groups excluding carboxylic acids is 2. The summed E-state index contributed by atoms with van der Waals surface area (Å²) in [7, 11) is 0. The number of thioether (sulfide) groups is 1. The quantitative estimate of drug-likeness (QED) is 0.742. The molecule has 0 saturated carbocycles. The number of hydrogen-bond acceptors (Lipinski definition) is 6. The first-order chi connectivity index (χ1) is 11.1. The molecule has 3 heterocycles. The van der Waals surface area contributed by atoms with Gasteiger partial charge >= 0.3 is 0 Å². The van der Waals surface area contributed by atoms with Crippen molar-refractivity contribution in [3.63, 3.8) is 0 Å². The number of anilines is 1. The fourth-order valence-corrected chi connectivity index (χ4v) is 3.50. The highest BCUT2D eigenvalue weighted by Crippen LogP contribution is 2.15. The van der Waals surface area contributed by atoms with Gasteiger partial charge in [-0.25, -0.2) is 4.68 Å². The van der Waals surface area contributed by atoms with Gasteiger partial charge < -0.3 is 15.1 Å². The third kappa shape index (κ3) is 3.84. The van der Waals surface area contributed by atoms with Gasteiger partial charge in [0.25, 0.3) is 5.56 Å². The zero-order valence-corrected chi connectivity index (χ0v) is 13.5. The number of carbonyl (C=O) groups is 2. The lowest BCUT2D eigenvalue weighted by molar-refractivity contribution is -0.138. The Bertz CT molecular complexity index is 656. The molecular weight excluding hydrogens is 318 g/mol. The lowest BCUT2D eigenvalue weighted by Gasteiger charge is -2.28. The summed E-state index contributed by atoms with van der Waals surface area (Å²) in [5.41, 5.74) is -0.310. The van der Waals surface area contributed by atoms with Crippen LogP contribution in [0.2, 0.25) is 0 Å². The van der Waals surface area contributed by atoms with Crippen molar-refractivity contribution in [1.82, 2.24) is 20.0 Å². The average molecular weight is 337 g/mol. The zero-order valence-electron chi connectivity index (χ0n) is 12.7. The van der Waals surface area contributed by atoms with Crippen LogP contribution in [0.3, 0.4) is 0 Å². The van der Waals surface area contributed by atoms with E-state index < -0.39 is 0 Å². The van der Waals surface area contributed by atoms with Crippen molar-refractivity contribution in [2.75, 3.05) is 49.1 Å². The summed E-state index contributed by atoms with van der Waals surface area (Å²) in [6.07, 6.45) is 0. The van der Waals surface area contributed by atoms with E-state index in [1.807, 2.05) is 11.8 Å². The van der Waals surface area contributed by atoms with E-state index in [1.54, 1.807) is 6.07 Å². The second-order valence-corrected chi connectivity index (χ2v) is 6.68. The predicted octanol–water partition coefficient (Wildman–Crippen LogP) is -1.25. The normalized spacial score (nSPS) is 18.7. The molecule has 9 heteroatoms. The monoisotopic (exact) mass is 337 g/mol. The van der Waals surface area contributed by atoms with Crippen molar-refractivity contribution in [1.29, 1.82) is 0 Å². The molecule has 1 aromatic heterocycles. The van der Waals surface area contributed by atoms with Gasteiger partial charge in [-0.3, -0.25) is 14.4 Å². The van der Waals surface area contributed by atoms with Crippen LogP contribution in [0, 0.1) is 0 Å². The first kappa shape index (κ1) is 15.9. The highest BCUT2D eigenvalue weighted by atomic mass is 32.2. The number of hydrogen-bond donors (Lipinski definition) is 1. The maximum absolute atomic E-state index is 12.3. The van der Waals surface area contributed by atoms with Crippen LogP contribution in [0.25, 0.3) is 0 Å². The highest BCUT2D eigenvalue weighted by molar-refractivity contribution is 7.99. The summed E-state index contributed by atoms with van der Waals surface area (Å²) in [5, 5.41) is 6.99. The molecule has 0 bridgehead atoms. The molecule has 2 aliphatic heterocycles. The third-order valence-corrected chi connectivity index (χ3v) is 4.81. The van der Waals surface area contributed by atoms with Gasteiger partial charge in [0.1, 0.15) is 12.4 Å². The smallest absolute Gasteiger partial charge is 0.267 e. The summed E-state index contributed by atoms with van der Waals surface area (Å²) in [6, 6.07) is 3.15. The number of amides is 2. The Kier molecular flexibility index (Phi) is 4.85. The van der Waals surface area contributed by atoms with Crippen molar-refractivity contribution >= 4 is 29.4 Å². The molecular formula is C14H19N5O3S. The fraction of sp³-hybridized carbons (Fsp3) is 0.571. The molecule has 2 aliphatic rings. The molecule has 1 N–H and O–H groups in total. The van der Waals surface area contributed by atoms with E-state index in [4.69, 9.17) is 0 Å². The number of aromatic nitrogens is 2. The highest BCUT2D eigenvalue weighted by Gasteiger charge is 2.22. The first-order valence-corrected chi connectivity index (χ1v) is 8.74. The Hall–Kier alpha value is -2.03. The van der Waals surface area contributed by atoms with E-state index in [9.17, 15) is 14.4 Å². The second kappa shape index (κ2) is 7.03. The molecule has 2 fully saturated rings. The van der Waals surface area contributed by atoms with Crippen LogP contribution >= 0.6 is 11.8 Å². The van der Waals surface area contributed by atoms with Crippen molar-refractivity contribution < 1.29 is 9.59 Å². The number of nitrogens with one attached hydrogen (secondary N) is 1. The second-order valence-electron chi connectivity index (χ2n) is 5.45. The topological polar surface area (TPSA) is 87.5 Å². The molecule has 0 atom stereocenters. The van der Waals surface area contributed by atoms with Gasteiger partial charge in [0.2, 0.25) is 11.8 Å². The molecule has 2 saturated heterocycles. The molecule has 2 amide bonds. The van der Waals surface area contributed by atoms with Crippen LogP contribution in [-0.4, -0.2) is 70.7 Å². The number of piperazine rings is 1. The number of nitrogens with zero attached hydrogens (tertiary/aromatic N) is 4. The Morgan fingerprint density at radius 2 is 2.00 bits per heavy atom. The zero-order chi connectivity index (χ0) is 16.2. The van der Waals surface area contributed by atoms with Gasteiger partial charge in [0, 0.05) is 43.8 Å². The van der Waals surface area contributed by atoms with Gasteiger partial charge in [-0.1, -0.05) is 0 Å². The Labute approximate surface area is 137 Å². The van der Waals surface area contributed by atoms with E-state index >= 15 is 0 Å². The maximum Gasteiger partial charge on any atom is 0.267 e. The van der Waals surface area contributed by atoms with Crippen LogP contribution in [0.15, 0.2) is 16.9 Å². The van der Waals surface area contributed by atoms with Crippen LogP contribution < -0.4 is 15.8 Å². The Balaban J connectivity index is 1.72. The summed E-state index contributed by atoms with van der Waals surface area (Å²) >= 11 is 1.89. The fourth-order valence-electron chi connectivity index (χ4n) is 2.59. The van der Waals surface area contributed by atoms with Crippen LogP contribution in [-0.2, 0) is 16.1 Å². The molecule has 124 valence electrons. The van der Waals surface area contributed by atoms with Crippen molar-refractivity contribution in [2.24, 2.45) is 0 Å². The minimum atomic E-state index is -0.310. The maximum atomic E-state index is 12.3. The van der Waals surface area contributed by atoms with Crippen LogP contribution in [0.1, 0.15) is 0 Å². The summed E-state index contributed by atoms with van der Waals surface area (Å²) in [4.78, 5) is 39.2. The van der Waals surface area contributed by atoms with Crippen molar-refractivity contribution in [3.8, 4) is 0 Å². The summed E-state index contributed by atoms with van der Waals surface area (Å²) in [5.74, 6) is 2.34. The van der Waals surface area contributed by atoms with E-state index in [0.717, 1.165) is 24.6 Å². The molecule has 0 aromatic carbocycles. The molecule has 0 aliphatic carbocycles. The van der Waals surface area contributed by atoms with Crippen LogP contribution in [0.4, 0.5) is 5.82 Å². The SMILES string of the molecule is O=C1CN(C(=O)Cn2nc(N3CCSCC3)ccc2=O)CCN1. The lowest BCUT2D eigenvalue weighted by Crippen LogP contribution is -2.51. The summed E-state index contributed by atoms with van der Waals surface area (Å²) < 4.78 is 1.19. The molecule has 0 unspecified atom stereocenters. The van der Waals surface area contributed by atoms with Crippen LogP contribution in [0.5, 0.6) is 0 Å². The molecule has 1 aromatic rings. The molecule has 8 nitrogen and oxygen atoms in total. The van der Waals surface area contributed by atoms with Gasteiger partial charge in [-0.2, -0.15) is 16.9 Å². The molecule has 0 spiro atoms. The van der Waals surface area contributed by atoms with Gasteiger partial charge in [-0.15, -0.1) is 0 Å². The standard InChI is InChI=1S/C14H19N5O3S/c20-12-9-18(4-3-15-12)14(22)10-19-13(21)2-1-11(16-19)17-5-7-23-8-6-17/h1-2H,3-10H2,(H,15,20). The average Bonchev–Trinajstić information content (AvgIpc) is 2.57. The molecule has 23 heavy (non-hydrogen) atoms.